The lowest BCUT2D eigenvalue weighted by Crippen LogP contribution is -2.15. The van der Waals surface area contributed by atoms with E-state index < -0.39 is 0 Å². The van der Waals surface area contributed by atoms with E-state index in [1.54, 1.807) is 12.3 Å². The molecule has 6 rings (SSSR count). The SMILES string of the molecule is N#Cc1ccnc(-c2cccc(-c3cccc(N4c5ccccc5Oc5ccccc54)c3)c2)c1. The molecule has 0 aliphatic carbocycles. The van der Waals surface area contributed by atoms with Crippen LogP contribution in [0.15, 0.2) is 115 Å². The number of hydrogen-bond donors (Lipinski definition) is 0. The zero-order chi connectivity index (χ0) is 22.9. The molecule has 34 heavy (non-hydrogen) atoms. The van der Waals surface area contributed by atoms with Crippen molar-refractivity contribution in [1.82, 2.24) is 4.98 Å². The summed E-state index contributed by atoms with van der Waals surface area (Å²) in [4.78, 5) is 6.70. The highest BCUT2D eigenvalue weighted by atomic mass is 16.5. The van der Waals surface area contributed by atoms with Crippen molar-refractivity contribution in [2.75, 3.05) is 4.90 Å². The summed E-state index contributed by atoms with van der Waals surface area (Å²) < 4.78 is 6.16. The number of nitrogens with zero attached hydrogens (tertiary/aromatic N) is 3. The first-order chi connectivity index (χ1) is 16.8. The Morgan fingerprint density at radius 2 is 1.29 bits per heavy atom. The molecule has 0 unspecified atom stereocenters. The normalized spacial score (nSPS) is 11.7. The molecule has 0 saturated heterocycles. The number of aromatic nitrogens is 1. The van der Waals surface area contributed by atoms with Crippen molar-refractivity contribution in [2.45, 2.75) is 0 Å². The van der Waals surface area contributed by atoms with Crippen molar-refractivity contribution >= 4 is 17.1 Å². The Morgan fingerprint density at radius 1 is 0.647 bits per heavy atom. The topological polar surface area (TPSA) is 49.2 Å². The maximum absolute atomic E-state index is 9.24. The van der Waals surface area contributed by atoms with Crippen LogP contribution in [0, 0.1) is 11.3 Å². The number of para-hydroxylation sites is 4. The molecule has 0 spiro atoms. The second-order valence-electron chi connectivity index (χ2n) is 8.05. The quantitative estimate of drug-likeness (QED) is 0.283. The van der Waals surface area contributed by atoms with Crippen molar-refractivity contribution in [2.24, 2.45) is 0 Å². The van der Waals surface area contributed by atoms with Gasteiger partial charge in [0.1, 0.15) is 0 Å². The third kappa shape index (κ3) is 3.46. The van der Waals surface area contributed by atoms with Gasteiger partial charge in [-0.1, -0.05) is 54.6 Å². The van der Waals surface area contributed by atoms with Crippen molar-refractivity contribution in [3.05, 3.63) is 121 Å². The van der Waals surface area contributed by atoms with Gasteiger partial charge >= 0.3 is 0 Å². The van der Waals surface area contributed by atoms with Crippen molar-refractivity contribution < 1.29 is 4.74 Å². The maximum atomic E-state index is 9.24. The molecule has 1 aliphatic heterocycles. The number of ether oxygens (including phenoxy) is 1. The van der Waals surface area contributed by atoms with Crippen LogP contribution >= 0.6 is 0 Å². The van der Waals surface area contributed by atoms with Crippen LogP contribution in [0.1, 0.15) is 5.56 Å². The van der Waals surface area contributed by atoms with Gasteiger partial charge < -0.3 is 9.64 Å². The largest absolute Gasteiger partial charge is 0.453 e. The Balaban J connectivity index is 1.44. The van der Waals surface area contributed by atoms with Crippen LogP contribution < -0.4 is 9.64 Å². The van der Waals surface area contributed by atoms with Gasteiger partial charge in [0, 0.05) is 17.4 Å². The molecule has 0 saturated carbocycles. The average molecular weight is 438 g/mol. The molecule has 0 amide bonds. The number of nitriles is 1. The molecule has 0 bridgehead atoms. The second kappa shape index (κ2) is 8.23. The molecule has 1 aromatic heterocycles. The lowest BCUT2D eigenvalue weighted by atomic mass is 10.00. The van der Waals surface area contributed by atoms with Crippen LogP contribution in [0.25, 0.3) is 22.4 Å². The van der Waals surface area contributed by atoms with E-state index in [0.29, 0.717) is 5.56 Å². The predicted octanol–water partition coefficient (Wildman–Crippen LogP) is 7.86. The fourth-order valence-electron chi connectivity index (χ4n) is 4.32. The summed E-state index contributed by atoms with van der Waals surface area (Å²) >= 11 is 0. The number of fused-ring (bicyclic) bond motifs is 2. The van der Waals surface area contributed by atoms with Gasteiger partial charge in [-0.2, -0.15) is 5.26 Å². The van der Waals surface area contributed by atoms with E-state index in [4.69, 9.17) is 4.74 Å². The van der Waals surface area contributed by atoms with Crippen molar-refractivity contribution in [1.29, 1.82) is 5.26 Å². The Hall–Kier alpha value is -4.88. The van der Waals surface area contributed by atoms with Gasteiger partial charge in [-0.15, -0.1) is 0 Å². The highest BCUT2D eigenvalue weighted by molar-refractivity contribution is 5.87. The third-order valence-electron chi connectivity index (χ3n) is 5.92. The fraction of sp³-hybridized carbons (Fsp3) is 0. The number of anilines is 3. The van der Waals surface area contributed by atoms with Gasteiger partial charge in [0.2, 0.25) is 0 Å². The predicted molar refractivity (Wildman–Crippen MR) is 135 cm³/mol. The first kappa shape index (κ1) is 19.8. The molecular formula is C30H19N3O. The highest BCUT2D eigenvalue weighted by Gasteiger charge is 2.25. The van der Waals surface area contributed by atoms with Gasteiger partial charge in [0.25, 0.3) is 0 Å². The Morgan fingerprint density at radius 3 is 2.03 bits per heavy atom. The molecule has 4 heteroatoms. The molecule has 160 valence electrons. The van der Waals surface area contributed by atoms with Gasteiger partial charge in [0.15, 0.2) is 11.5 Å². The summed E-state index contributed by atoms with van der Waals surface area (Å²) in [6.45, 7) is 0. The van der Waals surface area contributed by atoms with Gasteiger partial charge in [0.05, 0.1) is 28.7 Å². The summed E-state index contributed by atoms with van der Waals surface area (Å²) in [7, 11) is 0. The molecule has 0 fully saturated rings. The number of pyridine rings is 1. The number of benzene rings is 4. The Kier molecular flexibility index (Phi) is 4.79. The number of rotatable bonds is 3. The zero-order valence-electron chi connectivity index (χ0n) is 18.2. The van der Waals surface area contributed by atoms with E-state index in [-0.39, 0.29) is 0 Å². The summed E-state index contributed by atoms with van der Waals surface area (Å²) in [6.07, 6.45) is 1.68. The lowest BCUT2D eigenvalue weighted by Gasteiger charge is -2.33. The minimum Gasteiger partial charge on any atom is -0.453 e. The molecular weight excluding hydrogens is 418 g/mol. The van der Waals surface area contributed by atoms with Crippen molar-refractivity contribution in [3.8, 4) is 40.0 Å². The average Bonchev–Trinajstić information content (AvgIpc) is 2.92. The van der Waals surface area contributed by atoms with Crippen LogP contribution in [0.4, 0.5) is 17.1 Å². The maximum Gasteiger partial charge on any atom is 0.151 e. The monoisotopic (exact) mass is 437 g/mol. The van der Waals surface area contributed by atoms with E-state index in [2.05, 4.69) is 64.5 Å². The van der Waals surface area contributed by atoms with Crippen LogP contribution in [0.2, 0.25) is 0 Å². The zero-order valence-corrected chi connectivity index (χ0v) is 18.2. The second-order valence-corrected chi connectivity index (χ2v) is 8.05. The molecule has 0 N–H and O–H groups in total. The summed E-state index contributed by atoms with van der Waals surface area (Å²) in [5.74, 6) is 1.66. The van der Waals surface area contributed by atoms with E-state index >= 15 is 0 Å². The van der Waals surface area contributed by atoms with Crippen molar-refractivity contribution in [3.63, 3.8) is 0 Å². The lowest BCUT2D eigenvalue weighted by molar-refractivity contribution is 0.477. The molecule has 0 radical (unpaired) electrons. The van der Waals surface area contributed by atoms with E-state index in [1.165, 1.54) is 0 Å². The summed E-state index contributed by atoms with van der Waals surface area (Å²) in [5, 5.41) is 9.24. The third-order valence-corrected chi connectivity index (χ3v) is 5.92. The van der Waals surface area contributed by atoms with E-state index in [9.17, 15) is 5.26 Å². The fourth-order valence-corrected chi connectivity index (χ4v) is 4.32. The van der Waals surface area contributed by atoms with Gasteiger partial charge in [-0.25, -0.2) is 0 Å². The smallest absolute Gasteiger partial charge is 0.151 e. The Labute approximate surface area is 198 Å². The Bertz CT molecular complexity index is 1520. The minimum atomic E-state index is 0.599. The van der Waals surface area contributed by atoms with E-state index in [1.807, 2.05) is 54.6 Å². The highest BCUT2D eigenvalue weighted by Crippen LogP contribution is 2.50. The molecule has 4 aromatic carbocycles. The molecule has 0 atom stereocenters. The molecule has 5 aromatic rings. The van der Waals surface area contributed by atoms with Crippen LogP contribution in [-0.2, 0) is 0 Å². The van der Waals surface area contributed by atoms with E-state index in [0.717, 1.165) is 50.9 Å². The molecule has 2 heterocycles. The van der Waals surface area contributed by atoms with Gasteiger partial charge in [-0.3, -0.25) is 4.98 Å². The summed E-state index contributed by atoms with van der Waals surface area (Å²) in [5.41, 5.74) is 7.60. The van der Waals surface area contributed by atoms with Crippen LogP contribution in [0.5, 0.6) is 11.5 Å². The van der Waals surface area contributed by atoms with Gasteiger partial charge in [-0.05, 0) is 65.7 Å². The summed E-state index contributed by atoms with van der Waals surface area (Å²) in [6, 6.07) is 38.6. The first-order valence-corrected chi connectivity index (χ1v) is 11.0. The first-order valence-electron chi connectivity index (χ1n) is 11.0. The molecule has 4 nitrogen and oxygen atoms in total. The minimum absolute atomic E-state index is 0.599. The molecule has 1 aliphatic rings. The number of hydrogen-bond acceptors (Lipinski definition) is 4. The van der Waals surface area contributed by atoms with Crippen LogP contribution in [0.3, 0.4) is 0 Å². The van der Waals surface area contributed by atoms with Crippen LogP contribution in [-0.4, -0.2) is 4.98 Å². The standard InChI is InChI=1S/C30H19N3O/c31-20-21-15-16-32-26(17-21)24-9-5-7-22(18-24)23-8-6-10-25(19-23)33-27-11-1-3-13-29(27)34-30-14-4-2-12-28(30)33/h1-19H.